The molecule has 0 bridgehead atoms. The highest BCUT2D eigenvalue weighted by molar-refractivity contribution is 5.82. The number of fused-ring (bicyclic) bond motifs is 1. The second kappa shape index (κ2) is 8.17. The lowest BCUT2D eigenvalue weighted by atomic mass is 10.0. The van der Waals surface area contributed by atoms with Gasteiger partial charge in [-0.25, -0.2) is 9.37 Å². The van der Waals surface area contributed by atoms with E-state index < -0.39 is 23.1 Å². The Hall–Kier alpha value is -3.75. The quantitative estimate of drug-likeness (QED) is 0.469. The Bertz CT molecular complexity index is 1270. The van der Waals surface area contributed by atoms with Crippen molar-refractivity contribution in [2.75, 3.05) is 4.90 Å². The van der Waals surface area contributed by atoms with Gasteiger partial charge in [0.2, 0.25) is 5.56 Å². The fourth-order valence-electron chi connectivity index (χ4n) is 3.46. The number of aromatic nitrogens is 3. The number of aromatic amines is 1. The van der Waals surface area contributed by atoms with Crippen LogP contribution >= 0.6 is 0 Å². The first-order valence-electron chi connectivity index (χ1n) is 9.29. The molecule has 0 aliphatic carbocycles. The van der Waals surface area contributed by atoms with Crippen molar-refractivity contribution >= 4 is 16.7 Å². The highest BCUT2D eigenvalue weighted by atomic mass is 19.4. The summed E-state index contributed by atoms with van der Waals surface area (Å²) in [5.41, 5.74) is -0.734. The number of hydrogen-bond donors (Lipinski definition) is 1. The van der Waals surface area contributed by atoms with Crippen molar-refractivity contribution in [3.63, 3.8) is 0 Å². The molecule has 0 atom stereocenters. The molecule has 5 nitrogen and oxygen atoms in total. The van der Waals surface area contributed by atoms with Gasteiger partial charge in [-0.15, -0.1) is 0 Å². The fraction of sp³-hybridized carbons (Fsp3) is 0.136. The first kappa shape index (κ1) is 20.5. The highest BCUT2D eigenvalue weighted by Crippen LogP contribution is 2.33. The zero-order valence-corrected chi connectivity index (χ0v) is 16.0. The number of alkyl halides is 3. The molecule has 0 radical (unpaired) electrons. The molecular formula is C22H16F4N4O. The van der Waals surface area contributed by atoms with Crippen LogP contribution in [0.3, 0.4) is 0 Å². The lowest BCUT2D eigenvalue weighted by Gasteiger charge is -2.25. The van der Waals surface area contributed by atoms with Gasteiger partial charge in [-0.1, -0.05) is 30.3 Å². The van der Waals surface area contributed by atoms with Gasteiger partial charge in [0.1, 0.15) is 11.6 Å². The standard InChI is InChI=1S/C22H16F4N4O/c23-18-7-3-5-16-15(10-20(31)29-21(16)18)13-30(19-11-27-8-9-28-19)12-14-4-1-2-6-17(14)22(24,25)26/h1-11H,12-13H2,(H,29,31). The molecule has 0 saturated carbocycles. The lowest BCUT2D eigenvalue weighted by molar-refractivity contribution is -0.138. The molecule has 31 heavy (non-hydrogen) atoms. The minimum absolute atomic E-state index is 0.0226. The van der Waals surface area contributed by atoms with E-state index >= 15 is 0 Å². The second-order valence-electron chi connectivity index (χ2n) is 6.90. The number of nitrogens with one attached hydrogen (secondary N) is 1. The van der Waals surface area contributed by atoms with Crippen molar-refractivity contribution in [2.45, 2.75) is 19.3 Å². The van der Waals surface area contributed by atoms with Crippen LogP contribution in [0.5, 0.6) is 0 Å². The van der Waals surface area contributed by atoms with E-state index in [1.165, 1.54) is 55.0 Å². The summed E-state index contributed by atoms with van der Waals surface area (Å²) in [6.45, 7) is -0.118. The third-order valence-electron chi connectivity index (χ3n) is 4.83. The maximum Gasteiger partial charge on any atom is 0.416 e. The Morgan fingerprint density at radius 1 is 0.968 bits per heavy atom. The molecule has 2 aromatic heterocycles. The second-order valence-corrected chi connectivity index (χ2v) is 6.90. The predicted molar refractivity (Wildman–Crippen MR) is 108 cm³/mol. The van der Waals surface area contributed by atoms with Crippen LogP contribution in [0.15, 0.2) is 71.9 Å². The van der Waals surface area contributed by atoms with Gasteiger partial charge in [0.25, 0.3) is 0 Å². The van der Waals surface area contributed by atoms with Crippen LogP contribution in [0.2, 0.25) is 0 Å². The Morgan fingerprint density at radius 3 is 2.48 bits per heavy atom. The third-order valence-corrected chi connectivity index (χ3v) is 4.83. The van der Waals surface area contributed by atoms with Crippen LogP contribution in [0.4, 0.5) is 23.4 Å². The SMILES string of the molecule is O=c1cc(CN(Cc2ccccc2C(F)(F)F)c2cnccn2)c2cccc(F)c2[nH]1. The minimum atomic E-state index is -4.52. The van der Waals surface area contributed by atoms with E-state index in [-0.39, 0.29) is 24.2 Å². The zero-order chi connectivity index (χ0) is 22.0. The number of halogens is 4. The molecule has 2 aromatic carbocycles. The molecule has 2 heterocycles. The van der Waals surface area contributed by atoms with Crippen molar-refractivity contribution in [1.29, 1.82) is 0 Å². The Labute approximate surface area is 174 Å². The number of pyridine rings is 1. The molecular weight excluding hydrogens is 412 g/mol. The van der Waals surface area contributed by atoms with Crippen molar-refractivity contribution in [3.8, 4) is 0 Å². The van der Waals surface area contributed by atoms with Crippen molar-refractivity contribution in [1.82, 2.24) is 15.0 Å². The van der Waals surface area contributed by atoms with E-state index in [1.807, 2.05) is 0 Å². The molecule has 9 heteroatoms. The third kappa shape index (κ3) is 4.40. The van der Waals surface area contributed by atoms with Crippen LogP contribution in [-0.4, -0.2) is 15.0 Å². The Balaban J connectivity index is 1.80. The molecule has 4 aromatic rings. The summed E-state index contributed by atoms with van der Waals surface area (Å²) in [5.74, 6) is -0.269. The fourth-order valence-corrected chi connectivity index (χ4v) is 3.46. The van der Waals surface area contributed by atoms with Gasteiger partial charge < -0.3 is 9.88 Å². The van der Waals surface area contributed by atoms with Crippen LogP contribution in [0.1, 0.15) is 16.7 Å². The first-order valence-corrected chi connectivity index (χ1v) is 9.29. The van der Waals surface area contributed by atoms with E-state index in [1.54, 1.807) is 11.0 Å². The van der Waals surface area contributed by atoms with E-state index in [2.05, 4.69) is 15.0 Å². The summed E-state index contributed by atoms with van der Waals surface area (Å²) in [6, 6.07) is 10.9. The van der Waals surface area contributed by atoms with E-state index in [4.69, 9.17) is 0 Å². The highest BCUT2D eigenvalue weighted by Gasteiger charge is 2.33. The summed E-state index contributed by atoms with van der Waals surface area (Å²) in [7, 11) is 0. The number of rotatable bonds is 5. The average Bonchev–Trinajstić information content (AvgIpc) is 2.74. The van der Waals surface area contributed by atoms with Crippen LogP contribution in [0, 0.1) is 5.82 Å². The normalized spacial score (nSPS) is 11.6. The smallest absolute Gasteiger partial charge is 0.347 e. The number of hydrogen-bond acceptors (Lipinski definition) is 4. The van der Waals surface area contributed by atoms with Crippen molar-refractivity contribution in [2.24, 2.45) is 0 Å². The Morgan fingerprint density at radius 2 is 1.74 bits per heavy atom. The number of H-pyrrole nitrogens is 1. The molecule has 4 rings (SSSR count). The van der Waals surface area contributed by atoms with Crippen LogP contribution < -0.4 is 10.5 Å². The summed E-state index contributed by atoms with van der Waals surface area (Å²) in [6.07, 6.45) is -0.229. The number of anilines is 1. The summed E-state index contributed by atoms with van der Waals surface area (Å²) >= 11 is 0. The molecule has 0 aliphatic rings. The van der Waals surface area contributed by atoms with Gasteiger partial charge in [0, 0.05) is 36.9 Å². The molecule has 0 spiro atoms. The summed E-state index contributed by atoms with van der Waals surface area (Å²) in [5, 5.41) is 0.456. The molecule has 0 amide bonds. The maximum absolute atomic E-state index is 14.2. The van der Waals surface area contributed by atoms with Gasteiger partial charge in [-0.2, -0.15) is 13.2 Å². The maximum atomic E-state index is 14.2. The molecule has 0 aliphatic heterocycles. The number of benzene rings is 2. The topological polar surface area (TPSA) is 61.9 Å². The zero-order valence-electron chi connectivity index (χ0n) is 16.0. The lowest BCUT2D eigenvalue weighted by Crippen LogP contribution is -2.26. The summed E-state index contributed by atoms with van der Waals surface area (Å²) < 4.78 is 54.7. The summed E-state index contributed by atoms with van der Waals surface area (Å²) in [4.78, 5) is 24.3. The first-order chi connectivity index (χ1) is 14.8. The average molecular weight is 428 g/mol. The molecule has 0 fully saturated rings. The minimum Gasteiger partial charge on any atom is -0.347 e. The van der Waals surface area contributed by atoms with Gasteiger partial charge in [0.05, 0.1) is 17.3 Å². The molecule has 158 valence electrons. The van der Waals surface area contributed by atoms with Crippen molar-refractivity contribution < 1.29 is 17.6 Å². The van der Waals surface area contributed by atoms with Gasteiger partial charge in [-0.3, -0.25) is 9.78 Å². The number of para-hydroxylation sites is 1. The monoisotopic (exact) mass is 428 g/mol. The molecule has 0 unspecified atom stereocenters. The molecule has 0 saturated heterocycles. The van der Waals surface area contributed by atoms with E-state index in [0.29, 0.717) is 16.8 Å². The van der Waals surface area contributed by atoms with Crippen LogP contribution in [0.25, 0.3) is 10.9 Å². The predicted octanol–water partition coefficient (Wildman–Crippen LogP) is 4.68. The largest absolute Gasteiger partial charge is 0.416 e. The molecule has 1 N–H and O–H groups in total. The van der Waals surface area contributed by atoms with E-state index in [9.17, 15) is 22.4 Å². The van der Waals surface area contributed by atoms with Crippen molar-refractivity contribution in [3.05, 3.63) is 100.0 Å². The van der Waals surface area contributed by atoms with Gasteiger partial charge >= 0.3 is 6.18 Å². The number of nitrogens with zero attached hydrogens (tertiary/aromatic N) is 3. The van der Waals surface area contributed by atoms with Gasteiger partial charge in [0.15, 0.2) is 0 Å². The Kier molecular flexibility index (Phi) is 5.41. The van der Waals surface area contributed by atoms with Gasteiger partial charge in [-0.05, 0) is 23.3 Å². The van der Waals surface area contributed by atoms with Crippen LogP contribution in [-0.2, 0) is 19.3 Å². The van der Waals surface area contributed by atoms with E-state index in [0.717, 1.165) is 6.07 Å².